The predicted octanol–water partition coefficient (Wildman–Crippen LogP) is 4.37. The summed E-state index contributed by atoms with van der Waals surface area (Å²) in [7, 11) is 1.95. The number of nitrogens with one attached hydrogen (secondary N) is 1. The second-order valence-corrected chi connectivity index (χ2v) is 7.85. The number of nitrogens with zero attached hydrogens (tertiary/aromatic N) is 5. The Morgan fingerprint density at radius 3 is 2.66 bits per heavy atom. The lowest BCUT2D eigenvalue weighted by Gasteiger charge is -2.11. The van der Waals surface area contributed by atoms with Gasteiger partial charge in [-0.05, 0) is 56.3 Å². The van der Waals surface area contributed by atoms with Crippen LogP contribution in [-0.4, -0.2) is 30.0 Å². The van der Waals surface area contributed by atoms with Gasteiger partial charge < -0.3 is 14.5 Å². The van der Waals surface area contributed by atoms with Crippen LogP contribution in [0.25, 0.3) is 21.9 Å². The highest BCUT2D eigenvalue weighted by atomic mass is 19.1. The molecule has 3 aromatic heterocycles. The van der Waals surface area contributed by atoms with Gasteiger partial charge in [0.15, 0.2) is 0 Å². The van der Waals surface area contributed by atoms with E-state index in [9.17, 15) is 9.18 Å². The van der Waals surface area contributed by atoms with E-state index >= 15 is 0 Å². The molecular formula is C24H21FN6O. The molecule has 0 aliphatic rings. The molecule has 1 N–H and O–H groups in total. The summed E-state index contributed by atoms with van der Waals surface area (Å²) in [6.45, 7) is 4.14. The second kappa shape index (κ2) is 7.56. The van der Waals surface area contributed by atoms with Crippen LogP contribution in [0.15, 0.2) is 54.9 Å². The second-order valence-electron chi connectivity index (χ2n) is 7.85. The molecule has 0 unspecified atom stereocenters. The van der Waals surface area contributed by atoms with Gasteiger partial charge in [0.1, 0.15) is 17.3 Å². The van der Waals surface area contributed by atoms with Gasteiger partial charge >= 0.3 is 0 Å². The normalized spacial score (nSPS) is 11.4. The summed E-state index contributed by atoms with van der Waals surface area (Å²) in [5.74, 6) is 0.243. The molecule has 0 radical (unpaired) electrons. The van der Waals surface area contributed by atoms with Gasteiger partial charge in [0.25, 0.3) is 5.91 Å². The van der Waals surface area contributed by atoms with E-state index in [2.05, 4.69) is 20.3 Å². The molecular weight excluding hydrogens is 407 g/mol. The molecule has 7 nitrogen and oxygen atoms in total. The van der Waals surface area contributed by atoms with E-state index in [1.54, 1.807) is 24.5 Å². The van der Waals surface area contributed by atoms with Gasteiger partial charge in [0, 0.05) is 29.8 Å². The predicted molar refractivity (Wildman–Crippen MR) is 121 cm³/mol. The van der Waals surface area contributed by atoms with Crippen LogP contribution in [0.1, 0.15) is 27.7 Å². The molecule has 0 saturated heterocycles. The van der Waals surface area contributed by atoms with Gasteiger partial charge in [0.05, 0.1) is 35.2 Å². The maximum atomic E-state index is 13.8. The molecule has 3 heterocycles. The summed E-state index contributed by atoms with van der Waals surface area (Å²) in [4.78, 5) is 26.5. The number of rotatable bonds is 4. The van der Waals surface area contributed by atoms with Gasteiger partial charge in [-0.1, -0.05) is 0 Å². The monoisotopic (exact) mass is 428 g/mol. The van der Waals surface area contributed by atoms with Crippen molar-refractivity contribution in [3.63, 3.8) is 0 Å². The molecule has 0 fully saturated rings. The molecule has 0 spiro atoms. The molecule has 5 aromatic rings. The molecule has 0 bridgehead atoms. The number of fused-ring (bicyclic) bond motifs is 2. The van der Waals surface area contributed by atoms with Crippen LogP contribution in [0.4, 0.5) is 10.1 Å². The van der Waals surface area contributed by atoms with E-state index in [0.29, 0.717) is 29.0 Å². The number of amides is 1. The van der Waals surface area contributed by atoms with Crippen LogP contribution in [0.5, 0.6) is 0 Å². The topological polar surface area (TPSA) is 77.6 Å². The number of carbonyl (C=O) groups excluding carboxylic acids is 1. The molecule has 0 atom stereocenters. The highest BCUT2D eigenvalue weighted by Gasteiger charge is 2.18. The zero-order valence-corrected chi connectivity index (χ0v) is 17.9. The number of hydrogen-bond acceptors (Lipinski definition) is 4. The molecule has 2 aromatic carbocycles. The summed E-state index contributed by atoms with van der Waals surface area (Å²) in [5.41, 5.74) is 5.09. The number of imidazole rings is 1. The van der Waals surface area contributed by atoms with Crippen molar-refractivity contribution in [3.8, 4) is 0 Å². The first-order chi connectivity index (χ1) is 15.4. The highest BCUT2D eigenvalue weighted by molar-refractivity contribution is 6.07. The number of benzene rings is 2. The fourth-order valence-corrected chi connectivity index (χ4v) is 3.95. The Morgan fingerprint density at radius 1 is 1.03 bits per heavy atom. The molecule has 0 aliphatic carbocycles. The molecule has 32 heavy (non-hydrogen) atoms. The lowest BCUT2D eigenvalue weighted by Crippen LogP contribution is -2.18. The van der Waals surface area contributed by atoms with Gasteiger partial charge in [-0.15, -0.1) is 0 Å². The minimum Gasteiger partial charge on any atom is -0.331 e. The van der Waals surface area contributed by atoms with Crippen LogP contribution in [0, 0.1) is 19.7 Å². The van der Waals surface area contributed by atoms with Gasteiger partial charge in [-0.25, -0.2) is 9.37 Å². The third-order valence-electron chi connectivity index (χ3n) is 5.58. The Balaban J connectivity index is 1.54. The van der Waals surface area contributed by atoms with Crippen LogP contribution < -0.4 is 5.32 Å². The Labute approximate surface area is 183 Å². The highest BCUT2D eigenvalue weighted by Crippen LogP contribution is 2.24. The molecule has 0 aliphatic heterocycles. The summed E-state index contributed by atoms with van der Waals surface area (Å²) in [6, 6.07) is 11.8. The van der Waals surface area contributed by atoms with E-state index in [0.717, 1.165) is 28.1 Å². The van der Waals surface area contributed by atoms with Gasteiger partial charge in [0.2, 0.25) is 0 Å². The van der Waals surface area contributed by atoms with E-state index in [4.69, 9.17) is 0 Å². The van der Waals surface area contributed by atoms with Crippen molar-refractivity contribution < 1.29 is 9.18 Å². The van der Waals surface area contributed by atoms with Crippen LogP contribution in [0.2, 0.25) is 0 Å². The third kappa shape index (κ3) is 3.49. The zero-order chi connectivity index (χ0) is 22.4. The summed E-state index contributed by atoms with van der Waals surface area (Å²) >= 11 is 0. The lowest BCUT2D eigenvalue weighted by atomic mass is 10.2. The van der Waals surface area contributed by atoms with E-state index in [-0.39, 0.29) is 11.7 Å². The number of hydrogen-bond donors (Lipinski definition) is 1. The number of carbonyl (C=O) groups is 1. The standard InChI is InChI=1S/C24H21FN6O/c1-14-11-26-12-19(27-14)13-31-21-6-4-17(25)8-16(21)9-23(31)24(32)29-18-5-7-22-20(10-18)28-15(2)30(22)3/h4-12H,13H2,1-3H3,(H,29,32). The first-order valence-electron chi connectivity index (χ1n) is 10.2. The fraction of sp³-hybridized carbons (Fsp3) is 0.167. The number of halogens is 1. The van der Waals surface area contributed by atoms with Crippen molar-refractivity contribution in [1.29, 1.82) is 0 Å². The van der Waals surface area contributed by atoms with E-state index in [1.165, 1.54) is 12.1 Å². The molecule has 160 valence electrons. The average Bonchev–Trinajstić information content (AvgIpc) is 3.24. The number of aryl methyl sites for hydroxylation is 3. The van der Waals surface area contributed by atoms with Crippen molar-refractivity contribution >= 4 is 33.5 Å². The van der Waals surface area contributed by atoms with Crippen LogP contribution in [-0.2, 0) is 13.6 Å². The van der Waals surface area contributed by atoms with Crippen molar-refractivity contribution in [2.24, 2.45) is 7.05 Å². The average molecular weight is 428 g/mol. The summed E-state index contributed by atoms with van der Waals surface area (Å²) < 4.78 is 17.7. The van der Waals surface area contributed by atoms with Gasteiger partial charge in [-0.3, -0.25) is 14.8 Å². The summed E-state index contributed by atoms with van der Waals surface area (Å²) in [5, 5.41) is 3.60. The minimum absolute atomic E-state index is 0.297. The fourth-order valence-electron chi connectivity index (χ4n) is 3.95. The van der Waals surface area contributed by atoms with Crippen LogP contribution in [0.3, 0.4) is 0 Å². The van der Waals surface area contributed by atoms with E-state index < -0.39 is 0 Å². The maximum absolute atomic E-state index is 13.8. The minimum atomic E-state index is -0.354. The number of aromatic nitrogens is 5. The quantitative estimate of drug-likeness (QED) is 0.461. The maximum Gasteiger partial charge on any atom is 0.272 e. The molecule has 8 heteroatoms. The smallest absolute Gasteiger partial charge is 0.272 e. The first-order valence-corrected chi connectivity index (χ1v) is 10.2. The third-order valence-corrected chi connectivity index (χ3v) is 5.58. The molecule has 1 amide bonds. The first kappa shape index (κ1) is 19.9. The molecule has 5 rings (SSSR count). The zero-order valence-electron chi connectivity index (χ0n) is 17.9. The summed E-state index contributed by atoms with van der Waals surface area (Å²) in [6.07, 6.45) is 3.34. The lowest BCUT2D eigenvalue weighted by molar-refractivity contribution is 0.101. The largest absolute Gasteiger partial charge is 0.331 e. The van der Waals surface area contributed by atoms with E-state index in [1.807, 2.05) is 48.2 Å². The Kier molecular flexibility index (Phi) is 4.70. The Bertz CT molecular complexity index is 1500. The van der Waals surface area contributed by atoms with Crippen molar-refractivity contribution in [2.45, 2.75) is 20.4 Å². The number of anilines is 1. The molecule has 0 saturated carbocycles. The van der Waals surface area contributed by atoms with Gasteiger partial charge in [-0.2, -0.15) is 0 Å². The Morgan fingerprint density at radius 2 is 1.84 bits per heavy atom. The van der Waals surface area contributed by atoms with Crippen molar-refractivity contribution in [3.05, 3.63) is 83.6 Å². The van der Waals surface area contributed by atoms with Crippen LogP contribution >= 0.6 is 0 Å². The van der Waals surface area contributed by atoms with Crippen molar-refractivity contribution in [2.75, 3.05) is 5.32 Å². The SMILES string of the molecule is Cc1cncc(Cn2c(C(=O)Nc3ccc4c(c3)nc(C)n4C)cc3cc(F)ccc32)n1. The van der Waals surface area contributed by atoms with Crippen molar-refractivity contribution in [1.82, 2.24) is 24.1 Å². The Hall–Kier alpha value is -4.07.